The maximum absolute atomic E-state index is 9.46. The van der Waals surface area contributed by atoms with E-state index in [2.05, 4.69) is 0 Å². The van der Waals surface area contributed by atoms with Gasteiger partial charge in [0.25, 0.3) is 0 Å². The van der Waals surface area contributed by atoms with Crippen LogP contribution in [0.2, 0.25) is 0 Å². The molecule has 17 heavy (non-hydrogen) atoms. The molecule has 0 amide bonds. The average Bonchev–Trinajstić information content (AvgIpc) is 2.36. The molecule has 0 spiro atoms. The minimum absolute atomic E-state index is 0.159. The first-order chi connectivity index (χ1) is 8.21. The van der Waals surface area contributed by atoms with Crippen molar-refractivity contribution < 1.29 is 19.3 Å². The summed E-state index contributed by atoms with van der Waals surface area (Å²) < 4.78 is 15.4. The highest BCUT2D eigenvalue weighted by molar-refractivity contribution is 5.42. The summed E-state index contributed by atoms with van der Waals surface area (Å²) in [6, 6.07) is 5.46. The molecule has 1 unspecified atom stereocenters. The summed E-state index contributed by atoms with van der Waals surface area (Å²) in [4.78, 5) is 0. The third-order valence-corrected chi connectivity index (χ3v) is 2.25. The van der Waals surface area contributed by atoms with Crippen molar-refractivity contribution in [1.29, 1.82) is 0 Å². The second-order valence-corrected chi connectivity index (χ2v) is 3.61. The van der Waals surface area contributed by atoms with Crippen LogP contribution in [0.25, 0.3) is 0 Å². The summed E-state index contributed by atoms with van der Waals surface area (Å²) in [5.41, 5.74) is 6.50. The Hall–Kier alpha value is -1.30. The van der Waals surface area contributed by atoms with E-state index in [9.17, 15) is 5.11 Å². The Morgan fingerprint density at radius 1 is 1.24 bits per heavy atom. The van der Waals surface area contributed by atoms with Crippen LogP contribution in [0.4, 0.5) is 0 Å². The molecule has 1 rings (SSSR count). The van der Waals surface area contributed by atoms with Crippen molar-refractivity contribution in [2.45, 2.75) is 12.6 Å². The van der Waals surface area contributed by atoms with Gasteiger partial charge in [-0.15, -0.1) is 0 Å². The van der Waals surface area contributed by atoms with E-state index in [0.29, 0.717) is 18.0 Å². The molecule has 3 N–H and O–H groups in total. The Balaban J connectivity index is 2.63. The van der Waals surface area contributed by atoms with Crippen molar-refractivity contribution in [3.05, 3.63) is 23.8 Å². The van der Waals surface area contributed by atoms with Crippen molar-refractivity contribution >= 4 is 0 Å². The number of methoxy groups -OCH3 is 2. The van der Waals surface area contributed by atoms with Crippen molar-refractivity contribution in [2.24, 2.45) is 5.73 Å². The van der Waals surface area contributed by atoms with Crippen molar-refractivity contribution in [3.8, 4) is 11.5 Å². The Labute approximate surface area is 101 Å². The smallest absolute Gasteiger partial charge is 0.161 e. The predicted molar refractivity (Wildman–Crippen MR) is 64.3 cm³/mol. The largest absolute Gasteiger partial charge is 0.493 e. The second-order valence-electron chi connectivity index (χ2n) is 3.61. The number of nitrogens with two attached hydrogens (primary N) is 1. The molecule has 1 aromatic rings. The maximum atomic E-state index is 9.46. The average molecular weight is 241 g/mol. The zero-order chi connectivity index (χ0) is 12.7. The van der Waals surface area contributed by atoms with Crippen LogP contribution in [-0.4, -0.2) is 38.6 Å². The van der Waals surface area contributed by atoms with Gasteiger partial charge < -0.3 is 25.1 Å². The molecular weight excluding hydrogens is 222 g/mol. The van der Waals surface area contributed by atoms with E-state index in [-0.39, 0.29) is 13.2 Å². The van der Waals surface area contributed by atoms with Crippen LogP contribution in [0.15, 0.2) is 18.2 Å². The highest BCUT2D eigenvalue weighted by Crippen LogP contribution is 2.27. The van der Waals surface area contributed by atoms with Crippen LogP contribution in [0.1, 0.15) is 5.56 Å². The summed E-state index contributed by atoms with van der Waals surface area (Å²) in [7, 11) is 3.09. The van der Waals surface area contributed by atoms with Crippen LogP contribution in [0.3, 0.4) is 0 Å². The molecule has 5 heteroatoms. The number of benzene rings is 1. The number of ether oxygens (including phenoxy) is 3. The van der Waals surface area contributed by atoms with Gasteiger partial charge in [-0.05, 0) is 17.7 Å². The SMILES string of the molecule is COCC(O)COc1ccc(CN)cc1OC. The molecule has 1 atom stereocenters. The van der Waals surface area contributed by atoms with Gasteiger partial charge in [-0.3, -0.25) is 0 Å². The minimum atomic E-state index is -0.654. The molecule has 0 heterocycles. The molecule has 0 saturated heterocycles. The Bertz CT molecular complexity index is 343. The van der Waals surface area contributed by atoms with E-state index in [4.69, 9.17) is 19.9 Å². The zero-order valence-corrected chi connectivity index (χ0v) is 10.2. The van der Waals surface area contributed by atoms with Gasteiger partial charge >= 0.3 is 0 Å². The van der Waals surface area contributed by atoms with Gasteiger partial charge in [0.15, 0.2) is 11.5 Å². The molecule has 0 aliphatic heterocycles. The van der Waals surface area contributed by atoms with Gasteiger partial charge in [0, 0.05) is 13.7 Å². The fraction of sp³-hybridized carbons (Fsp3) is 0.500. The monoisotopic (exact) mass is 241 g/mol. The molecule has 96 valence electrons. The van der Waals surface area contributed by atoms with Crippen molar-refractivity contribution in [3.63, 3.8) is 0 Å². The molecule has 0 aliphatic rings. The molecule has 0 fully saturated rings. The van der Waals surface area contributed by atoms with Gasteiger partial charge in [-0.25, -0.2) is 0 Å². The summed E-state index contributed by atoms with van der Waals surface area (Å²) in [6.07, 6.45) is -0.654. The number of aliphatic hydroxyl groups is 1. The van der Waals surface area contributed by atoms with E-state index in [1.54, 1.807) is 13.2 Å². The molecule has 0 bridgehead atoms. The lowest BCUT2D eigenvalue weighted by Crippen LogP contribution is -2.22. The Morgan fingerprint density at radius 3 is 2.59 bits per heavy atom. The summed E-state index contributed by atoms with van der Waals surface area (Å²) in [6.45, 7) is 0.846. The zero-order valence-electron chi connectivity index (χ0n) is 10.2. The van der Waals surface area contributed by atoms with Crippen LogP contribution in [0.5, 0.6) is 11.5 Å². The van der Waals surface area contributed by atoms with Crippen LogP contribution < -0.4 is 15.2 Å². The molecule has 0 aliphatic carbocycles. The van der Waals surface area contributed by atoms with E-state index < -0.39 is 6.10 Å². The number of hydrogen-bond acceptors (Lipinski definition) is 5. The predicted octanol–water partition coefficient (Wildman–Crippen LogP) is 0.540. The number of aliphatic hydroxyl groups excluding tert-OH is 1. The molecule has 0 saturated carbocycles. The van der Waals surface area contributed by atoms with E-state index in [1.165, 1.54) is 7.11 Å². The van der Waals surface area contributed by atoms with Gasteiger partial charge in [-0.2, -0.15) is 0 Å². The van der Waals surface area contributed by atoms with E-state index in [0.717, 1.165) is 5.56 Å². The minimum Gasteiger partial charge on any atom is -0.493 e. The highest BCUT2D eigenvalue weighted by Gasteiger charge is 2.08. The maximum Gasteiger partial charge on any atom is 0.161 e. The molecule has 0 aromatic heterocycles. The lowest BCUT2D eigenvalue weighted by Gasteiger charge is -2.14. The number of rotatable bonds is 7. The van der Waals surface area contributed by atoms with Crippen LogP contribution in [0, 0.1) is 0 Å². The van der Waals surface area contributed by atoms with E-state index >= 15 is 0 Å². The lowest BCUT2D eigenvalue weighted by atomic mass is 10.2. The van der Waals surface area contributed by atoms with Crippen LogP contribution in [-0.2, 0) is 11.3 Å². The Morgan fingerprint density at radius 2 is 2.00 bits per heavy atom. The van der Waals surface area contributed by atoms with Gasteiger partial charge in [0.1, 0.15) is 12.7 Å². The molecular formula is C12H19NO4. The topological polar surface area (TPSA) is 73.9 Å². The summed E-state index contributed by atoms with van der Waals surface area (Å²) >= 11 is 0. The summed E-state index contributed by atoms with van der Waals surface area (Å²) in [5, 5.41) is 9.46. The lowest BCUT2D eigenvalue weighted by molar-refractivity contribution is 0.0319. The number of hydrogen-bond donors (Lipinski definition) is 2. The third-order valence-electron chi connectivity index (χ3n) is 2.25. The quantitative estimate of drug-likeness (QED) is 0.729. The molecule has 1 aromatic carbocycles. The second kappa shape index (κ2) is 7.11. The van der Waals surface area contributed by atoms with Gasteiger partial charge in [0.2, 0.25) is 0 Å². The fourth-order valence-corrected chi connectivity index (χ4v) is 1.38. The first kappa shape index (κ1) is 13.8. The molecule has 0 radical (unpaired) electrons. The first-order valence-corrected chi connectivity index (χ1v) is 5.38. The third kappa shape index (κ3) is 4.22. The summed E-state index contributed by atoms with van der Waals surface area (Å²) in [5.74, 6) is 1.19. The van der Waals surface area contributed by atoms with E-state index in [1.807, 2.05) is 12.1 Å². The Kier molecular flexibility index (Phi) is 5.76. The standard InChI is InChI=1S/C12H19NO4/c1-15-7-10(14)8-17-11-4-3-9(6-13)5-12(11)16-2/h3-5,10,14H,6-8,13H2,1-2H3. The molecule has 5 nitrogen and oxygen atoms in total. The normalized spacial score (nSPS) is 12.2. The van der Waals surface area contributed by atoms with Crippen molar-refractivity contribution in [1.82, 2.24) is 0 Å². The highest BCUT2D eigenvalue weighted by atomic mass is 16.5. The van der Waals surface area contributed by atoms with Crippen molar-refractivity contribution in [2.75, 3.05) is 27.4 Å². The first-order valence-electron chi connectivity index (χ1n) is 5.38. The van der Waals surface area contributed by atoms with Gasteiger partial charge in [-0.1, -0.05) is 6.07 Å². The fourth-order valence-electron chi connectivity index (χ4n) is 1.38. The van der Waals surface area contributed by atoms with Crippen LogP contribution >= 0.6 is 0 Å². The van der Waals surface area contributed by atoms with Gasteiger partial charge in [0.05, 0.1) is 13.7 Å².